The number of hydrogen-bond acceptors (Lipinski definition) is 4. The predicted octanol–water partition coefficient (Wildman–Crippen LogP) is 6.29. The van der Waals surface area contributed by atoms with E-state index in [1.165, 1.54) is 0 Å². The van der Waals surface area contributed by atoms with E-state index in [4.69, 9.17) is 13.9 Å². The molecule has 0 unspecified atom stereocenters. The summed E-state index contributed by atoms with van der Waals surface area (Å²) in [7, 11) is -3.78. The van der Waals surface area contributed by atoms with E-state index in [1.54, 1.807) is 0 Å². The summed E-state index contributed by atoms with van der Waals surface area (Å²) in [5, 5.41) is 10.2. The van der Waals surface area contributed by atoms with Crippen LogP contribution in [0.2, 0.25) is 36.3 Å². The zero-order chi connectivity index (χ0) is 24.8. The highest BCUT2D eigenvalue weighted by atomic mass is 28.4. The van der Waals surface area contributed by atoms with Crippen LogP contribution in [0.4, 0.5) is 0 Å². The number of hydrogen-bond donors (Lipinski definition) is 1. The molecule has 0 saturated heterocycles. The quantitative estimate of drug-likeness (QED) is 0.328. The minimum absolute atomic E-state index is 0.148. The number of aliphatic hydroxyl groups excluding tert-OH is 1. The molecule has 1 aliphatic rings. The van der Waals surface area contributed by atoms with Crippen molar-refractivity contribution in [3.05, 3.63) is 47.7 Å². The van der Waals surface area contributed by atoms with Gasteiger partial charge in [0.05, 0.1) is 19.3 Å². The van der Waals surface area contributed by atoms with E-state index >= 15 is 0 Å². The third-order valence-corrected chi connectivity index (χ3v) is 13.3. The molecule has 1 aromatic carbocycles. The van der Waals surface area contributed by atoms with Gasteiger partial charge in [0.25, 0.3) is 0 Å². The van der Waals surface area contributed by atoms with Gasteiger partial charge >= 0.3 is 0 Å². The van der Waals surface area contributed by atoms with Gasteiger partial charge < -0.3 is 19.0 Å². The Bertz CT molecular complexity index is 809. The second-order valence-corrected chi connectivity index (χ2v) is 21.2. The minimum Gasteiger partial charge on any atom is -0.477 e. The molecule has 0 fully saturated rings. The number of rotatable bonds is 9. The Morgan fingerprint density at radius 1 is 0.970 bits per heavy atom. The van der Waals surface area contributed by atoms with Gasteiger partial charge in [-0.3, -0.25) is 0 Å². The van der Waals surface area contributed by atoms with Crippen LogP contribution in [0.5, 0.6) is 0 Å². The highest BCUT2D eigenvalue weighted by Gasteiger charge is 2.49. The Morgan fingerprint density at radius 3 is 2.03 bits per heavy atom. The van der Waals surface area contributed by atoms with Gasteiger partial charge in [0.15, 0.2) is 11.9 Å². The first-order valence-corrected chi connectivity index (χ1v) is 17.9. The smallest absolute Gasteiger partial charge is 0.201 e. The minimum atomic E-state index is -2.20. The average Bonchev–Trinajstić information content (AvgIpc) is 2.74. The van der Waals surface area contributed by atoms with Gasteiger partial charge in [0.1, 0.15) is 14.2 Å². The molecule has 1 N–H and O–H groups in total. The summed E-state index contributed by atoms with van der Waals surface area (Å²) in [5.74, 6) is 3.84. The van der Waals surface area contributed by atoms with Crippen molar-refractivity contribution >= 4 is 16.4 Å². The molecular weight excluding hydrogens is 444 g/mol. The molecule has 184 valence electrons. The van der Waals surface area contributed by atoms with Gasteiger partial charge in [-0.05, 0) is 34.2 Å². The molecular formula is C27H44O4Si2. The van der Waals surface area contributed by atoms with Crippen molar-refractivity contribution in [2.75, 3.05) is 6.61 Å². The first kappa shape index (κ1) is 27.9. The van der Waals surface area contributed by atoms with Crippen LogP contribution in [0.25, 0.3) is 0 Å². The van der Waals surface area contributed by atoms with Crippen LogP contribution in [0.3, 0.4) is 0 Å². The van der Waals surface area contributed by atoms with Crippen molar-refractivity contribution in [3.8, 4) is 11.5 Å². The second-order valence-electron chi connectivity index (χ2n) is 11.0. The topological polar surface area (TPSA) is 47.9 Å². The molecule has 1 aliphatic heterocycles. The van der Waals surface area contributed by atoms with Crippen LogP contribution < -0.4 is 0 Å². The van der Waals surface area contributed by atoms with E-state index in [9.17, 15) is 5.11 Å². The van der Waals surface area contributed by atoms with Crippen LogP contribution in [0.1, 0.15) is 47.1 Å². The molecule has 1 heterocycles. The fourth-order valence-corrected chi connectivity index (χ4v) is 10.9. The number of allylic oxidation sites excluding steroid dienone is 1. The average molecular weight is 489 g/mol. The Balaban J connectivity index is 2.47. The highest BCUT2D eigenvalue weighted by Crippen LogP contribution is 2.44. The summed E-state index contributed by atoms with van der Waals surface area (Å²) < 4.78 is 19.7. The van der Waals surface area contributed by atoms with Crippen LogP contribution in [-0.2, 0) is 20.5 Å². The third-order valence-electron chi connectivity index (χ3n) is 6.36. The molecule has 33 heavy (non-hydrogen) atoms. The molecule has 0 radical (unpaired) electrons. The monoisotopic (exact) mass is 488 g/mol. The normalized spacial score (nSPS) is 21.6. The maximum absolute atomic E-state index is 10.2. The molecule has 6 heteroatoms. The van der Waals surface area contributed by atoms with Gasteiger partial charge in [0, 0.05) is 0 Å². The SMILES string of the molecule is CC(C)[Si](O[C@@H]1C=C(C#C[Si](C)(C)C)O[C@H](CO)[C@H]1OCc1ccccc1)(C(C)C)C(C)C. The molecule has 1 aromatic rings. The van der Waals surface area contributed by atoms with Gasteiger partial charge in [0.2, 0.25) is 8.32 Å². The molecule has 0 spiro atoms. The highest BCUT2D eigenvalue weighted by molar-refractivity contribution is 6.83. The van der Waals surface area contributed by atoms with Crippen molar-refractivity contribution in [3.63, 3.8) is 0 Å². The lowest BCUT2D eigenvalue weighted by Crippen LogP contribution is -2.56. The van der Waals surface area contributed by atoms with Gasteiger partial charge in [-0.25, -0.2) is 0 Å². The van der Waals surface area contributed by atoms with Crippen molar-refractivity contribution in [2.45, 2.75) is 103 Å². The molecule has 2 rings (SSSR count). The van der Waals surface area contributed by atoms with E-state index in [0.717, 1.165) is 5.56 Å². The summed E-state index contributed by atoms with van der Waals surface area (Å²) in [6.45, 7) is 20.6. The van der Waals surface area contributed by atoms with Gasteiger partial charge in [-0.15, -0.1) is 5.54 Å². The maximum Gasteiger partial charge on any atom is 0.201 e. The lowest BCUT2D eigenvalue weighted by Gasteiger charge is -2.47. The van der Waals surface area contributed by atoms with Gasteiger partial charge in [-0.2, -0.15) is 0 Å². The second kappa shape index (κ2) is 11.9. The molecule has 0 aliphatic carbocycles. The predicted molar refractivity (Wildman–Crippen MR) is 142 cm³/mol. The Hall–Kier alpha value is -1.37. The number of benzene rings is 1. The fraction of sp³-hybridized carbons (Fsp3) is 0.630. The Morgan fingerprint density at radius 2 is 1.55 bits per heavy atom. The van der Waals surface area contributed by atoms with Crippen molar-refractivity contribution < 1.29 is 19.0 Å². The summed E-state index contributed by atoms with van der Waals surface area (Å²) in [5.41, 5.74) is 5.79. The summed E-state index contributed by atoms with van der Waals surface area (Å²) in [4.78, 5) is 0. The van der Waals surface area contributed by atoms with E-state index in [2.05, 4.69) is 72.6 Å². The first-order chi connectivity index (χ1) is 15.4. The Kier molecular flexibility index (Phi) is 10.0. The summed E-state index contributed by atoms with van der Waals surface area (Å²) >= 11 is 0. The standard InChI is InChI=1S/C27H44O4Si2/c1-20(2)33(21(3)4,22(5)6)31-25-17-24(15-16-32(7,8)9)30-26(18-28)27(25)29-19-23-13-11-10-12-14-23/h10-14,17,20-22,25-28H,18-19H2,1-9H3/t25-,26-,27+/m1/s1. The van der Waals surface area contributed by atoms with Crippen LogP contribution in [-0.4, -0.2) is 46.4 Å². The molecule has 0 aromatic heterocycles. The van der Waals surface area contributed by atoms with E-state index in [-0.39, 0.29) is 12.7 Å². The first-order valence-electron chi connectivity index (χ1n) is 12.3. The molecule has 3 atom stereocenters. The molecule has 0 amide bonds. The van der Waals surface area contributed by atoms with E-state index < -0.39 is 28.6 Å². The zero-order valence-electron chi connectivity index (χ0n) is 22.0. The third kappa shape index (κ3) is 7.31. The van der Waals surface area contributed by atoms with Crippen molar-refractivity contribution in [1.29, 1.82) is 0 Å². The van der Waals surface area contributed by atoms with Crippen LogP contribution in [0, 0.1) is 11.5 Å². The molecule has 0 bridgehead atoms. The van der Waals surface area contributed by atoms with Crippen molar-refractivity contribution in [2.24, 2.45) is 0 Å². The summed E-state index contributed by atoms with van der Waals surface area (Å²) in [6.07, 6.45) is 0.761. The fourth-order valence-electron chi connectivity index (χ4n) is 4.90. The van der Waals surface area contributed by atoms with Crippen LogP contribution in [0.15, 0.2) is 42.2 Å². The number of ether oxygens (including phenoxy) is 2. The van der Waals surface area contributed by atoms with E-state index in [1.807, 2.05) is 36.4 Å². The number of aliphatic hydroxyl groups is 1. The van der Waals surface area contributed by atoms with Crippen LogP contribution >= 0.6 is 0 Å². The molecule has 0 saturated carbocycles. The zero-order valence-corrected chi connectivity index (χ0v) is 24.0. The lowest BCUT2D eigenvalue weighted by atomic mass is 10.0. The van der Waals surface area contributed by atoms with E-state index in [0.29, 0.717) is 29.0 Å². The summed E-state index contributed by atoms with van der Waals surface area (Å²) in [6, 6.07) is 10.1. The molecule has 4 nitrogen and oxygen atoms in total. The maximum atomic E-state index is 10.2. The largest absolute Gasteiger partial charge is 0.477 e. The Labute approximate surface area is 203 Å². The van der Waals surface area contributed by atoms with Crippen molar-refractivity contribution in [1.82, 2.24) is 0 Å². The lowest BCUT2D eigenvalue weighted by molar-refractivity contribution is -0.122. The van der Waals surface area contributed by atoms with Gasteiger partial charge in [-0.1, -0.05) is 91.5 Å².